The lowest BCUT2D eigenvalue weighted by atomic mass is 10.2. The Kier molecular flexibility index (Phi) is 7.88. The number of halogens is 1. The van der Waals surface area contributed by atoms with E-state index < -0.39 is 10.0 Å². The van der Waals surface area contributed by atoms with Gasteiger partial charge in [-0.05, 0) is 51.3 Å². The van der Waals surface area contributed by atoms with E-state index in [0.717, 1.165) is 19.3 Å². The second kappa shape index (κ2) is 9.69. The van der Waals surface area contributed by atoms with Gasteiger partial charge >= 0.3 is 0 Å². The monoisotopic (exact) mass is 402 g/mol. The van der Waals surface area contributed by atoms with Crippen LogP contribution in [0.4, 0.5) is 0 Å². The minimum Gasteiger partial charge on any atom is -0.379 e. The molecule has 6 nitrogen and oxygen atoms in total. The molecule has 0 bridgehead atoms. The van der Waals surface area contributed by atoms with Crippen LogP contribution in [0.5, 0.6) is 0 Å². The predicted octanol–water partition coefficient (Wildman–Crippen LogP) is 3.06. The number of benzene rings is 1. The number of hydrogen-bond acceptors (Lipinski definition) is 4. The second-order valence-corrected chi connectivity index (χ2v) is 8.95. The van der Waals surface area contributed by atoms with Crippen molar-refractivity contribution in [3.8, 4) is 0 Å². The smallest absolute Gasteiger partial charge is 0.251 e. The third-order valence-corrected chi connectivity index (χ3v) is 6.56. The molecule has 2 rings (SSSR count). The number of carbonyl (C=O) groups excluding carboxylic acids is 1. The van der Waals surface area contributed by atoms with Crippen LogP contribution in [0.1, 0.15) is 49.9 Å². The fraction of sp³-hybridized carbons (Fsp3) is 0.611. The van der Waals surface area contributed by atoms with Crippen LogP contribution in [0.3, 0.4) is 0 Å². The Hall–Kier alpha value is -1.15. The summed E-state index contributed by atoms with van der Waals surface area (Å²) in [5.74, 6) is -0.318. The van der Waals surface area contributed by atoms with Gasteiger partial charge in [0.05, 0.1) is 11.1 Å². The van der Waals surface area contributed by atoms with E-state index >= 15 is 0 Å². The molecule has 0 spiro atoms. The van der Waals surface area contributed by atoms with Gasteiger partial charge in [-0.25, -0.2) is 8.42 Å². The number of amides is 1. The molecule has 1 N–H and O–H groups in total. The van der Waals surface area contributed by atoms with Gasteiger partial charge in [-0.3, -0.25) is 4.79 Å². The molecule has 1 fully saturated rings. The van der Waals surface area contributed by atoms with Crippen LogP contribution >= 0.6 is 11.6 Å². The zero-order valence-electron chi connectivity index (χ0n) is 15.3. The molecule has 0 aromatic heterocycles. The number of sulfonamides is 1. The summed E-state index contributed by atoms with van der Waals surface area (Å²) in [5, 5.41) is 2.92. The van der Waals surface area contributed by atoms with Crippen LogP contribution in [0, 0.1) is 0 Å². The van der Waals surface area contributed by atoms with Gasteiger partial charge in [0.25, 0.3) is 5.91 Å². The molecule has 1 saturated heterocycles. The normalized spacial score (nSPS) is 16.0. The van der Waals surface area contributed by atoms with Crippen molar-refractivity contribution in [2.24, 2.45) is 0 Å². The summed E-state index contributed by atoms with van der Waals surface area (Å²) < 4.78 is 32.5. The van der Waals surface area contributed by atoms with E-state index in [1.54, 1.807) is 0 Å². The first-order chi connectivity index (χ1) is 12.3. The highest BCUT2D eigenvalue weighted by Crippen LogP contribution is 2.27. The molecular weight excluding hydrogens is 376 g/mol. The standard InChI is InChI=1S/C18H27ClN2O4S/c1-14(2)25-12-6-9-20-18(22)15-7-8-16(19)17(13-15)26(23,24)21-10-4-3-5-11-21/h7-8,13-14H,3-6,9-12H2,1-2H3,(H,20,22). The summed E-state index contributed by atoms with van der Waals surface area (Å²) in [7, 11) is -3.69. The Morgan fingerprint density at radius 3 is 2.62 bits per heavy atom. The van der Waals surface area contributed by atoms with Crippen molar-refractivity contribution in [3.63, 3.8) is 0 Å². The maximum absolute atomic E-state index is 12.8. The van der Waals surface area contributed by atoms with Crippen LogP contribution in [0.2, 0.25) is 5.02 Å². The average Bonchev–Trinajstić information content (AvgIpc) is 2.62. The van der Waals surface area contributed by atoms with E-state index in [9.17, 15) is 13.2 Å². The topological polar surface area (TPSA) is 75.7 Å². The van der Waals surface area contributed by atoms with E-state index in [2.05, 4.69) is 5.32 Å². The number of nitrogens with one attached hydrogen (secondary N) is 1. The zero-order chi connectivity index (χ0) is 19.2. The maximum atomic E-state index is 12.8. The molecule has 0 radical (unpaired) electrons. The summed E-state index contributed by atoms with van der Waals surface area (Å²) in [6.07, 6.45) is 3.56. The molecule has 0 atom stereocenters. The van der Waals surface area contributed by atoms with Gasteiger partial charge in [0, 0.05) is 31.8 Å². The third-order valence-electron chi connectivity index (χ3n) is 4.18. The number of nitrogens with zero attached hydrogens (tertiary/aromatic N) is 1. The van der Waals surface area contributed by atoms with Crippen molar-refractivity contribution in [2.45, 2.75) is 50.5 Å². The minimum absolute atomic E-state index is 0.00291. The molecule has 26 heavy (non-hydrogen) atoms. The predicted molar refractivity (Wildman–Crippen MR) is 102 cm³/mol. The van der Waals surface area contributed by atoms with Gasteiger partial charge in [0.1, 0.15) is 4.90 Å². The Balaban J connectivity index is 2.05. The Morgan fingerprint density at radius 2 is 1.96 bits per heavy atom. The second-order valence-electron chi connectivity index (χ2n) is 6.64. The number of carbonyl (C=O) groups is 1. The largest absolute Gasteiger partial charge is 0.379 e. The van der Waals surface area contributed by atoms with Crippen LogP contribution in [-0.4, -0.2) is 51.0 Å². The highest BCUT2D eigenvalue weighted by atomic mass is 35.5. The number of ether oxygens (including phenoxy) is 1. The first kappa shape index (κ1) is 21.2. The first-order valence-electron chi connectivity index (χ1n) is 9.02. The lowest BCUT2D eigenvalue weighted by Crippen LogP contribution is -2.36. The van der Waals surface area contributed by atoms with Crippen molar-refractivity contribution in [3.05, 3.63) is 28.8 Å². The highest BCUT2D eigenvalue weighted by Gasteiger charge is 2.28. The van der Waals surface area contributed by atoms with Crippen molar-refractivity contribution < 1.29 is 17.9 Å². The molecule has 0 aliphatic carbocycles. The minimum atomic E-state index is -3.69. The van der Waals surface area contributed by atoms with E-state index in [-0.39, 0.29) is 27.5 Å². The number of hydrogen-bond donors (Lipinski definition) is 1. The summed E-state index contributed by atoms with van der Waals surface area (Å²) in [4.78, 5) is 12.3. The van der Waals surface area contributed by atoms with Gasteiger partial charge in [-0.1, -0.05) is 18.0 Å². The molecule has 1 amide bonds. The lowest BCUT2D eigenvalue weighted by Gasteiger charge is -2.26. The van der Waals surface area contributed by atoms with Crippen LogP contribution in [-0.2, 0) is 14.8 Å². The molecule has 0 saturated carbocycles. The van der Waals surface area contributed by atoms with Gasteiger partial charge in [0.2, 0.25) is 10.0 Å². The van der Waals surface area contributed by atoms with Crippen LogP contribution in [0.25, 0.3) is 0 Å². The van der Waals surface area contributed by atoms with Gasteiger partial charge in [-0.2, -0.15) is 4.31 Å². The summed E-state index contributed by atoms with van der Waals surface area (Å²) in [5.41, 5.74) is 0.287. The van der Waals surface area contributed by atoms with Crippen LogP contribution in [0.15, 0.2) is 23.1 Å². The molecule has 1 heterocycles. The molecule has 1 aliphatic rings. The highest BCUT2D eigenvalue weighted by molar-refractivity contribution is 7.89. The van der Waals surface area contributed by atoms with Crippen molar-refractivity contribution in [1.29, 1.82) is 0 Å². The first-order valence-corrected chi connectivity index (χ1v) is 10.8. The lowest BCUT2D eigenvalue weighted by molar-refractivity contribution is 0.0757. The maximum Gasteiger partial charge on any atom is 0.251 e. The van der Waals surface area contributed by atoms with E-state index in [4.69, 9.17) is 16.3 Å². The third kappa shape index (κ3) is 5.67. The fourth-order valence-electron chi connectivity index (χ4n) is 2.78. The quantitative estimate of drug-likeness (QED) is 0.678. The molecule has 1 aromatic carbocycles. The van der Waals surface area contributed by atoms with Crippen LogP contribution < -0.4 is 5.32 Å². The molecule has 146 valence electrons. The summed E-state index contributed by atoms with van der Waals surface area (Å²) in [6, 6.07) is 4.37. The van der Waals surface area contributed by atoms with E-state index in [1.165, 1.54) is 22.5 Å². The Bertz CT molecular complexity index is 716. The van der Waals surface area contributed by atoms with Crippen molar-refractivity contribution >= 4 is 27.5 Å². The van der Waals surface area contributed by atoms with Gasteiger partial charge < -0.3 is 10.1 Å². The summed E-state index contributed by atoms with van der Waals surface area (Å²) in [6.45, 7) is 5.92. The van der Waals surface area contributed by atoms with E-state index in [1.807, 2.05) is 13.8 Å². The fourth-order valence-corrected chi connectivity index (χ4v) is 4.80. The van der Waals surface area contributed by atoms with Gasteiger partial charge in [-0.15, -0.1) is 0 Å². The van der Waals surface area contributed by atoms with Gasteiger partial charge in [0.15, 0.2) is 0 Å². The number of piperidine rings is 1. The molecule has 8 heteroatoms. The Labute approximate surface area is 160 Å². The average molecular weight is 403 g/mol. The molecule has 0 unspecified atom stereocenters. The Morgan fingerprint density at radius 1 is 1.27 bits per heavy atom. The SMILES string of the molecule is CC(C)OCCCNC(=O)c1ccc(Cl)c(S(=O)(=O)N2CCCCC2)c1. The van der Waals surface area contributed by atoms with Crippen molar-refractivity contribution in [1.82, 2.24) is 9.62 Å². The molecular formula is C18H27ClN2O4S. The zero-order valence-corrected chi connectivity index (χ0v) is 16.9. The van der Waals surface area contributed by atoms with Crippen molar-refractivity contribution in [2.75, 3.05) is 26.2 Å². The number of rotatable bonds is 8. The summed E-state index contributed by atoms with van der Waals surface area (Å²) >= 11 is 6.13. The molecule has 1 aromatic rings. The van der Waals surface area contributed by atoms with E-state index in [0.29, 0.717) is 32.7 Å². The molecule has 1 aliphatic heterocycles.